The van der Waals surface area contributed by atoms with Crippen LogP contribution in [0.25, 0.3) is 0 Å². The van der Waals surface area contributed by atoms with Crippen molar-refractivity contribution >= 4 is 11.6 Å². The first-order chi connectivity index (χ1) is 11.0. The van der Waals surface area contributed by atoms with Gasteiger partial charge in [-0.05, 0) is 43.0 Å². The number of nitro benzene ring substituents is 1. The normalized spacial score (nSPS) is 16.0. The fraction of sp³-hybridized carbons (Fsp3) is 0.278. The molecule has 1 aliphatic rings. The van der Waals surface area contributed by atoms with Crippen molar-refractivity contribution in [2.75, 3.05) is 7.05 Å². The Morgan fingerprint density at radius 2 is 2.00 bits per heavy atom. The van der Waals surface area contributed by atoms with E-state index in [0.717, 1.165) is 12.8 Å². The van der Waals surface area contributed by atoms with Crippen LogP contribution in [-0.2, 0) is 6.42 Å². The zero-order valence-electron chi connectivity index (χ0n) is 13.2. The van der Waals surface area contributed by atoms with Gasteiger partial charge in [-0.1, -0.05) is 24.3 Å². The van der Waals surface area contributed by atoms with Crippen LogP contribution in [0.4, 0.5) is 5.69 Å². The van der Waals surface area contributed by atoms with Gasteiger partial charge in [0.15, 0.2) is 0 Å². The summed E-state index contributed by atoms with van der Waals surface area (Å²) in [5, 5.41) is 10.9. The Kier molecular flexibility index (Phi) is 3.86. The summed E-state index contributed by atoms with van der Waals surface area (Å²) in [5.41, 5.74) is 3.51. The number of rotatable bonds is 3. The lowest BCUT2D eigenvalue weighted by atomic mass is 10.0. The van der Waals surface area contributed by atoms with E-state index in [4.69, 9.17) is 0 Å². The molecule has 23 heavy (non-hydrogen) atoms. The first-order valence-electron chi connectivity index (χ1n) is 7.59. The lowest BCUT2D eigenvalue weighted by Crippen LogP contribution is -2.30. The molecule has 0 fully saturated rings. The third kappa shape index (κ3) is 2.70. The van der Waals surface area contributed by atoms with E-state index >= 15 is 0 Å². The Balaban J connectivity index is 1.86. The molecule has 1 amide bonds. The SMILES string of the molecule is Cc1cc(C(=O)N(C)C2CCc3ccccc32)ccc1[N+](=O)[O-]. The average molecular weight is 310 g/mol. The van der Waals surface area contributed by atoms with E-state index in [9.17, 15) is 14.9 Å². The smallest absolute Gasteiger partial charge is 0.272 e. The molecule has 5 heteroatoms. The minimum Gasteiger partial charge on any atom is -0.335 e. The second-order valence-corrected chi connectivity index (χ2v) is 5.93. The molecule has 2 aromatic carbocycles. The number of carbonyl (C=O) groups is 1. The molecule has 0 saturated carbocycles. The Labute approximate surface area is 134 Å². The largest absolute Gasteiger partial charge is 0.335 e. The maximum atomic E-state index is 12.7. The number of fused-ring (bicyclic) bond motifs is 1. The van der Waals surface area contributed by atoms with Crippen LogP contribution >= 0.6 is 0 Å². The summed E-state index contributed by atoms with van der Waals surface area (Å²) in [7, 11) is 1.80. The van der Waals surface area contributed by atoms with E-state index in [1.165, 1.54) is 23.3 Å². The van der Waals surface area contributed by atoms with E-state index in [-0.39, 0.29) is 17.6 Å². The molecular formula is C18H18N2O3. The summed E-state index contributed by atoms with van der Waals surface area (Å²) in [6.45, 7) is 1.65. The quantitative estimate of drug-likeness (QED) is 0.642. The molecule has 2 aromatic rings. The van der Waals surface area contributed by atoms with Crippen LogP contribution < -0.4 is 0 Å². The lowest BCUT2D eigenvalue weighted by molar-refractivity contribution is -0.385. The standard InChI is InChI=1S/C18H18N2O3/c1-12-11-14(8-9-16(12)20(22)23)18(21)19(2)17-10-7-13-5-3-4-6-15(13)17/h3-6,8-9,11,17H,7,10H2,1-2H3. The number of amides is 1. The highest BCUT2D eigenvalue weighted by molar-refractivity contribution is 5.95. The summed E-state index contributed by atoms with van der Waals surface area (Å²) in [4.78, 5) is 24.9. The monoisotopic (exact) mass is 310 g/mol. The molecule has 1 unspecified atom stereocenters. The Morgan fingerprint density at radius 1 is 1.26 bits per heavy atom. The lowest BCUT2D eigenvalue weighted by Gasteiger charge is -2.25. The molecule has 1 aliphatic carbocycles. The van der Waals surface area contributed by atoms with Crippen molar-refractivity contribution in [1.82, 2.24) is 4.90 Å². The second-order valence-electron chi connectivity index (χ2n) is 5.93. The number of hydrogen-bond donors (Lipinski definition) is 0. The van der Waals surface area contributed by atoms with Crippen LogP contribution in [0.15, 0.2) is 42.5 Å². The van der Waals surface area contributed by atoms with E-state index in [2.05, 4.69) is 12.1 Å². The maximum Gasteiger partial charge on any atom is 0.272 e. The molecule has 3 rings (SSSR count). The number of hydrogen-bond acceptors (Lipinski definition) is 3. The Morgan fingerprint density at radius 3 is 2.70 bits per heavy atom. The molecule has 118 valence electrons. The predicted octanol–water partition coefficient (Wildman–Crippen LogP) is 3.66. The molecule has 0 N–H and O–H groups in total. The van der Waals surface area contributed by atoms with Crippen molar-refractivity contribution in [2.24, 2.45) is 0 Å². The number of nitro groups is 1. The topological polar surface area (TPSA) is 63.5 Å². The van der Waals surface area contributed by atoms with Crippen LogP contribution in [0.5, 0.6) is 0 Å². The summed E-state index contributed by atoms with van der Waals surface area (Å²) in [5.74, 6) is -0.107. The van der Waals surface area contributed by atoms with Gasteiger partial charge in [0.1, 0.15) is 0 Å². The number of carbonyl (C=O) groups excluding carboxylic acids is 1. The van der Waals surface area contributed by atoms with Gasteiger partial charge in [0, 0.05) is 24.2 Å². The van der Waals surface area contributed by atoms with Crippen LogP contribution in [0.2, 0.25) is 0 Å². The summed E-state index contributed by atoms with van der Waals surface area (Å²) < 4.78 is 0. The van der Waals surface area contributed by atoms with Gasteiger partial charge in [-0.3, -0.25) is 14.9 Å². The fourth-order valence-corrected chi connectivity index (χ4v) is 3.28. The van der Waals surface area contributed by atoms with Gasteiger partial charge < -0.3 is 4.90 Å². The first kappa shape index (κ1) is 15.2. The van der Waals surface area contributed by atoms with Gasteiger partial charge in [0.05, 0.1) is 11.0 Å². The van der Waals surface area contributed by atoms with Crippen molar-refractivity contribution in [3.8, 4) is 0 Å². The molecule has 5 nitrogen and oxygen atoms in total. The molecule has 1 atom stereocenters. The first-order valence-corrected chi connectivity index (χ1v) is 7.59. The van der Waals surface area contributed by atoms with Crippen molar-refractivity contribution in [1.29, 1.82) is 0 Å². The van der Waals surface area contributed by atoms with E-state index < -0.39 is 4.92 Å². The summed E-state index contributed by atoms with van der Waals surface area (Å²) >= 11 is 0. The van der Waals surface area contributed by atoms with Gasteiger partial charge in [-0.15, -0.1) is 0 Å². The van der Waals surface area contributed by atoms with Gasteiger partial charge in [0.2, 0.25) is 0 Å². The van der Waals surface area contributed by atoms with Crippen LogP contribution in [0, 0.1) is 17.0 Å². The van der Waals surface area contributed by atoms with Crippen molar-refractivity contribution < 1.29 is 9.72 Å². The van der Waals surface area contributed by atoms with Gasteiger partial charge in [0.25, 0.3) is 11.6 Å². The zero-order valence-corrected chi connectivity index (χ0v) is 13.2. The van der Waals surface area contributed by atoms with E-state index in [0.29, 0.717) is 11.1 Å². The molecule has 0 spiro atoms. The number of nitrogens with zero attached hydrogens (tertiary/aromatic N) is 2. The Bertz CT molecular complexity index is 786. The van der Waals surface area contributed by atoms with E-state index in [1.807, 2.05) is 12.1 Å². The molecule has 0 heterocycles. The third-order valence-corrected chi connectivity index (χ3v) is 4.53. The van der Waals surface area contributed by atoms with Crippen LogP contribution in [0.1, 0.15) is 39.5 Å². The van der Waals surface area contributed by atoms with Crippen molar-refractivity contribution in [3.63, 3.8) is 0 Å². The predicted molar refractivity (Wildman–Crippen MR) is 87.4 cm³/mol. The van der Waals surface area contributed by atoms with Gasteiger partial charge in [-0.25, -0.2) is 0 Å². The highest BCUT2D eigenvalue weighted by atomic mass is 16.6. The Hall–Kier alpha value is -2.69. The molecule has 0 saturated heterocycles. The zero-order chi connectivity index (χ0) is 16.6. The minimum absolute atomic E-state index is 0.0374. The minimum atomic E-state index is -0.430. The molecule has 0 radical (unpaired) electrons. The maximum absolute atomic E-state index is 12.7. The molecule has 0 aliphatic heterocycles. The second kappa shape index (κ2) is 5.83. The molecular weight excluding hydrogens is 292 g/mol. The van der Waals surface area contributed by atoms with Gasteiger partial charge >= 0.3 is 0 Å². The average Bonchev–Trinajstić information content (AvgIpc) is 2.97. The molecule has 0 aromatic heterocycles. The third-order valence-electron chi connectivity index (χ3n) is 4.53. The van der Waals surface area contributed by atoms with Gasteiger partial charge in [-0.2, -0.15) is 0 Å². The molecule has 0 bridgehead atoms. The van der Waals surface area contributed by atoms with Crippen molar-refractivity contribution in [2.45, 2.75) is 25.8 Å². The van der Waals surface area contributed by atoms with E-state index in [1.54, 1.807) is 24.9 Å². The van der Waals surface area contributed by atoms with Crippen molar-refractivity contribution in [3.05, 3.63) is 74.8 Å². The fourth-order valence-electron chi connectivity index (χ4n) is 3.28. The summed E-state index contributed by atoms with van der Waals surface area (Å²) in [6, 6.07) is 12.8. The highest BCUT2D eigenvalue weighted by Gasteiger charge is 2.29. The highest BCUT2D eigenvalue weighted by Crippen LogP contribution is 2.35. The summed E-state index contributed by atoms with van der Waals surface area (Å²) in [6.07, 6.45) is 1.88. The van der Waals surface area contributed by atoms with Crippen LogP contribution in [-0.4, -0.2) is 22.8 Å². The number of aryl methyl sites for hydroxylation is 2. The number of benzene rings is 2. The van der Waals surface area contributed by atoms with Crippen LogP contribution in [0.3, 0.4) is 0 Å².